The van der Waals surface area contributed by atoms with E-state index in [0.717, 1.165) is 45.0 Å². The molecule has 0 radical (unpaired) electrons. The van der Waals surface area contributed by atoms with Gasteiger partial charge in [0.15, 0.2) is 0 Å². The Morgan fingerprint density at radius 2 is 1.72 bits per heavy atom. The summed E-state index contributed by atoms with van der Waals surface area (Å²) in [4.78, 5) is 27.2. The maximum absolute atomic E-state index is 10.6. The molecule has 0 saturated carbocycles. The number of aliphatic carboxylic acids is 2. The van der Waals surface area contributed by atoms with Crippen molar-refractivity contribution < 1.29 is 50.6 Å². The molecule has 0 spiro atoms. The zero-order valence-electron chi connectivity index (χ0n) is 19.6. The van der Waals surface area contributed by atoms with Crippen LogP contribution in [-0.4, -0.2) is 80.5 Å². The third-order valence-corrected chi connectivity index (χ3v) is 4.74. The van der Waals surface area contributed by atoms with Gasteiger partial charge in [-0.3, -0.25) is 9.80 Å². The van der Waals surface area contributed by atoms with Crippen LogP contribution in [0.25, 0.3) is 0 Å². The molecule has 36 heavy (non-hydrogen) atoms. The normalized spacial score (nSPS) is 16.2. The van der Waals surface area contributed by atoms with Crippen LogP contribution < -0.4 is 0 Å². The molecular formula is C21H28F6N4O5. The van der Waals surface area contributed by atoms with E-state index in [1.54, 1.807) is 6.26 Å². The van der Waals surface area contributed by atoms with Gasteiger partial charge in [0.1, 0.15) is 11.6 Å². The number of alkyl halides is 6. The molecule has 0 aliphatic carbocycles. The van der Waals surface area contributed by atoms with Crippen LogP contribution in [0.5, 0.6) is 0 Å². The van der Waals surface area contributed by atoms with E-state index in [4.69, 9.17) is 24.2 Å². The number of hydrogen-bond acceptors (Lipinski definition) is 6. The largest absolute Gasteiger partial charge is 0.490 e. The second kappa shape index (κ2) is 13.9. The van der Waals surface area contributed by atoms with Crippen molar-refractivity contribution >= 4 is 11.9 Å². The van der Waals surface area contributed by atoms with Crippen molar-refractivity contribution in [1.82, 2.24) is 19.4 Å². The summed E-state index contributed by atoms with van der Waals surface area (Å²) in [5, 5.41) is 14.2. The van der Waals surface area contributed by atoms with Crippen LogP contribution in [0, 0.1) is 5.92 Å². The number of rotatable bonds is 6. The van der Waals surface area contributed by atoms with Crippen LogP contribution in [0.2, 0.25) is 0 Å². The first-order valence-electron chi connectivity index (χ1n) is 10.7. The van der Waals surface area contributed by atoms with Crippen molar-refractivity contribution in [2.24, 2.45) is 5.92 Å². The number of aromatic nitrogens is 2. The van der Waals surface area contributed by atoms with Gasteiger partial charge < -0.3 is 19.2 Å². The average Bonchev–Trinajstić information content (AvgIpc) is 3.37. The molecule has 15 heteroatoms. The van der Waals surface area contributed by atoms with E-state index >= 15 is 0 Å². The maximum Gasteiger partial charge on any atom is 0.490 e. The number of halogens is 6. The van der Waals surface area contributed by atoms with Crippen LogP contribution in [0.1, 0.15) is 24.9 Å². The van der Waals surface area contributed by atoms with Crippen molar-refractivity contribution in [2.45, 2.75) is 45.3 Å². The van der Waals surface area contributed by atoms with Crippen molar-refractivity contribution in [2.75, 3.05) is 26.7 Å². The van der Waals surface area contributed by atoms with E-state index in [2.05, 4.69) is 39.5 Å². The number of nitrogens with zero attached hydrogens (tertiary/aromatic N) is 4. The van der Waals surface area contributed by atoms with Crippen LogP contribution in [0.15, 0.2) is 35.2 Å². The SMILES string of the molecule is CCCN1Cc2nccn2CC(CN(C)Cc2ccco2)C1.O=C(O)C(F)(F)F.O=C(O)C(F)(F)F. The molecule has 2 N–H and O–H groups in total. The summed E-state index contributed by atoms with van der Waals surface area (Å²) < 4.78 is 71.2. The van der Waals surface area contributed by atoms with Crippen molar-refractivity contribution in [3.05, 3.63) is 42.4 Å². The highest BCUT2D eigenvalue weighted by Gasteiger charge is 2.38. The molecule has 1 aliphatic rings. The summed E-state index contributed by atoms with van der Waals surface area (Å²) in [6.07, 6.45) is -3.19. The van der Waals surface area contributed by atoms with Gasteiger partial charge in [-0.25, -0.2) is 14.6 Å². The minimum Gasteiger partial charge on any atom is -0.475 e. The molecule has 0 bridgehead atoms. The molecule has 0 saturated heterocycles. The van der Waals surface area contributed by atoms with Gasteiger partial charge in [0, 0.05) is 37.9 Å². The summed E-state index contributed by atoms with van der Waals surface area (Å²) in [5.41, 5.74) is 0. The van der Waals surface area contributed by atoms with Gasteiger partial charge in [0.05, 0.1) is 19.4 Å². The Morgan fingerprint density at radius 1 is 1.14 bits per heavy atom. The predicted octanol–water partition coefficient (Wildman–Crippen LogP) is 3.72. The Balaban J connectivity index is 0.000000383. The number of carbonyl (C=O) groups is 2. The minimum absolute atomic E-state index is 0.613. The minimum atomic E-state index is -5.08. The summed E-state index contributed by atoms with van der Waals surface area (Å²) >= 11 is 0. The third kappa shape index (κ3) is 11.6. The zero-order valence-corrected chi connectivity index (χ0v) is 19.6. The highest BCUT2D eigenvalue weighted by atomic mass is 19.4. The van der Waals surface area contributed by atoms with Gasteiger partial charge >= 0.3 is 24.3 Å². The lowest BCUT2D eigenvalue weighted by Gasteiger charge is -2.26. The Hall–Kier alpha value is -3.07. The van der Waals surface area contributed by atoms with Gasteiger partial charge in [0.25, 0.3) is 0 Å². The number of carboxylic acid groups (broad SMARTS) is 2. The highest BCUT2D eigenvalue weighted by Crippen LogP contribution is 2.17. The van der Waals surface area contributed by atoms with E-state index in [0.29, 0.717) is 5.92 Å². The van der Waals surface area contributed by atoms with E-state index in [1.165, 1.54) is 12.2 Å². The Morgan fingerprint density at radius 3 is 2.19 bits per heavy atom. The molecule has 3 rings (SSSR count). The van der Waals surface area contributed by atoms with E-state index < -0.39 is 24.3 Å². The molecule has 1 atom stereocenters. The summed E-state index contributed by atoms with van der Waals surface area (Å²) in [5.74, 6) is -2.67. The van der Waals surface area contributed by atoms with Crippen LogP contribution in [-0.2, 0) is 29.2 Å². The van der Waals surface area contributed by atoms with Crippen molar-refractivity contribution in [3.63, 3.8) is 0 Å². The molecule has 2 aromatic rings. The molecule has 0 aromatic carbocycles. The summed E-state index contributed by atoms with van der Waals surface area (Å²) in [6, 6.07) is 4.00. The smallest absolute Gasteiger partial charge is 0.475 e. The fourth-order valence-corrected chi connectivity index (χ4v) is 3.40. The van der Waals surface area contributed by atoms with Gasteiger partial charge in [-0.15, -0.1) is 0 Å². The number of imidazole rings is 1. The van der Waals surface area contributed by atoms with Crippen LogP contribution >= 0.6 is 0 Å². The van der Waals surface area contributed by atoms with E-state index in [9.17, 15) is 26.3 Å². The van der Waals surface area contributed by atoms with Gasteiger partial charge in [-0.2, -0.15) is 26.3 Å². The summed E-state index contributed by atoms with van der Waals surface area (Å²) in [6.45, 7) is 8.49. The van der Waals surface area contributed by atoms with Gasteiger partial charge in [-0.05, 0) is 32.1 Å². The first-order chi connectivity index (χ1) is 16.6. The second-order valence-electron chi connectivity index (χ2n) is 7.98. The zero-order chi connectivity index (χ0) is 27.5. The molecule has 2 aromatic heterocycles. The fourth-order valence-electron chi connectivity index (χ4n) is 3.40. The Bertz CT molecular complexity index is 906. The molecule has 3 heterocycles. The van der Waals surface area contributed by atoms with E-state index in [1.807, 2.05) is 18.3 Å². The lowest BCUT2D eigenvalue weighted by atomic mass is 10.1. The molecule has 204 valence electrons. The number of fused-ring (bicyclic) bond motifs is 1. The van der Waals surface area contributed by atoms with Crippen molar-refractivity contribution in [3.8, 4) is 0 Å². The molecule has 1 aliphatic heterocycles. The third-order valence-electron chi connectivity index (χ3n) is 4.74. The lowest BCUT2D eigenvalue weighted by Crippen LogP contribution is -2.35. The van der Waals surface area contributed by atoms with E-state index in [-0.39, 0.29) is 0 Å². The Labute approximate surface area is 202 Å². The Kier molecular flexibility index (Phi) is 11.9. The number of carboxylic acids is 2. The number of furan rings is 1. The molecule has 0 amide bonds. The predicted molar refractivity (Wildman–Crippen MR) is 114 cm³/mol. The first kappa shape index (κ1) is 31.0. The maximum atomic E-state index is 10.6. The number of hydrogen-bond donors (Lipinski definition) is 2. The summed E-state index contributed by atoms with van der Waals surface area (Å²) in [7, 11) is 2.17. The quantitative estimate of drug-likeness (QED) is 0.544. The van der Waals surface area contributed by atoms with Crippen molar-refractivity contribution in [1.29, 1.82) is 0 Å². The lowest BCUT2D eigenvalue weighted by molar-refractivity contribution is -0.193. The molecular weight excluding hydrogens is 502 g/mol. The molecule has 1 unspecified atom stereocenters. The van der Waals surface area contributed by atoms with Gasteiger partial charge in [0.2, 0.25) is 0 Å². The average molecular weight is 530 g/mol. The van der Waals surface area contributed by atoms with Crippen LogP contribution in [0.3, 0.4) is 0 Å². The monoisotopic (exact) mass is 530 g/mol. The van der Waals surface area contributed by atoms with Crippen LogP contribution in [0.4, 0.5) is 26.3 Å². The molecule has 0 fully saturated rings. The highest BCUT2D eigenvalue weighted by molar-refractivity contribution is 5.73. The second-order valence-corrected chi connectivity index (χ2v) is 7.98. The first-order valence-corrected chi connectivity index (χ1v) is 10.7. The topological polar surface area (TPSA) is 112 Å². The fraction of sp³-hybridized carbons (Fsp3) is 0.571. The molecule has 9 nitrogen and oxygen atoms in total. The van der Waals surface area contributed by atoms with Gasteiger partial charge in [-0.1, -0.05) is 6.92 Å². The standard InChI is InChI=1S/C17H26N4O.2C2HF3O2/c1-3-7-20-11-15(12-21-8-6-18-17(21)14-20)10-19(2)13-16-5-4-9-22-16;2*3-2(4,5)1(6)7/h4-6,8-9,15H,3,7,10-14H2,1-2H3;2*(H,6,7).